The van der Waals surface area contributed by atoms with Crippen molar-refractivity contribution in [3.63, 3.8) is 0 Å². The summed E-state index contributed by atoms with van der Waals surface area (Å²) in [5.74, 6) is -0.317. The second-order valence-corrected chi connectivity index (χ2v) is 16.1. The summed E-state index contributed by atoms with van der Waals surface area (Å²) in [4.78, 5) is 25.1. The number of ether oxygens (including phenoxy) is 2. The van der Waals surface area contributed by atoms with Crippen LogP contribution in [-0.4, -0.2) is 35.4 Å². The maximum absolute atomic E-state index is 12.9. The zero-order chi connectivity index (χ0) is 34.8. The molecule has 0 aromatic rings. The van der Waals surface area contributed by atoms with Crippen LogP contribution in [0.15, 0.2) is 24.3 Å². The lowest BCUT2D eigenvalue weighted by Gasteiger charge is -2.63. The van der Waals surface area contributed by atoms with Crippen molar-refractivity contribution in [2.45, 2.75) is 201 Å². The molecule has 0 aliphatic heterocycles. The van der Waals surface area contributed by atoms with Crippen LogP contribution >= 0.6 is 0 Å². The Morgan fingerprint density at radius 2 is 1.30 bits per heavy atom. The van der Waals surface area contributed by atoms with Crippen molar-refractivity contribution in [1.29, 1.82) is 0 Å². The Balaban J connectivity index is 1.73. The molecule has 2 rings (SSSR count). The Morgan fingerprint density at radius 3 is 1.79 bits per heavy atom. The van der Waals surface area contributed by atoms with Crippen LogP contribution in [0.3, 0.4) is 0 Å². The number of rotatable bonds is 24. The van der Waals surface area contributed by atoms with Crippen molar-refractivity contribution in [2.24, 2.45) is 22.7 Å². The third-order valence-corrected chi connectivity index (χ3v) is 12.1. The van der Waals surface area contributed by atoms with Gasteiger partial charge in [-0.1, -0.05) is 148 Å². The van der Waals surface area contributed by atoms with Crippen molar-refractivity contribution < 1.29 is 24.2 Å². The van der Waals surface area contributed by atoms with Crippen molar-refractivity contribution in [2.75, 3.05) is 6.61 Å². The third kappa shape index (κ3) is 13.7. The monoisotopic (exact) mass is 659 g/mol. The molecule has 0 amide bonds. The van der Waals surface area contributed by atoms with Crippen LogP contribution in [0.1, 0.15) is 189 Å². The summed E-state index contributed by atoms with van der Waals surface area (Å²) in [6.07, 6.45) is 30.4. The van der Waals surface area contributed by atoms with Gasteiger partial charge in [-0.2, -0.15) is 0 Å². The summed E-state index contributed by atoms with van der Waals surface area (Å²) in [6.45, 7) is 16.4. The smallest absolute Gasteiger partial charge is 0.305 e. The fraction of sp³-hybridized carbons (Fsp3) is 0.857. The predicted octanol–water partition coefficient (Wildman–Crippen LogP) is 11.6. The quantitative estimate of drug-likeness (QED) is 0.0634. The average molecular weight is 659 g/mol. The summed E-state index contributed by atoms with van der Waals surface area (Å²) < 4.78 is 12.0. The van der Waals surface area contributed by atoms with Gasteiger partial charge in [0, 0.05) is 24.2 Å². The average Bonchev–Trinajstić information content (AvgIpc) is 3.02. The largest absolute Gasteiger partial charge is 0.465 e. The van der Waals surface area contributed by atoms with Crippen LogP contribution in [0.25, 0.3) is 0 Å². The summed E-state index contributed by atoms with van der Waals surface area (Å²) in [5.41, 5.74) is -0.490. The number of hydrogen-bond donors (Lipinski definition) is 1. The summed E-state index contributed by atoms with van der Waals surface area (Å²) in [7, 11) is 0. The Labute approximate surface area is 290 Å². The summed E-state index contributed by atoms with van der Waals surface area (Å²) >= 11 is 0. The molecule has 0 aromatic carbocycles. The molecule has 2 aliphatic rings. The standard InChI is InChI=1S/C42H74O5/c1-8-10-11-12-13-14-15-16-17-18-19-20-21-22-23-24-25-26-39(44)46-33-40(5)31-30-38(47-35(4)43)42(7)36(40)29-32-41(6,45)37(42)28-27-34(3)9-2/h9,27,36-38,45H,2,8,10-26,28-33H2,1,3-7H3/b34-27+/t36-,37-,38?,40-,41+,42-/m0/s1. The van der Waals surface area contributed by atoms with Gasteiger partial charge in [-0.25, -0.2) is 0 Å². The molecule has 2 aliphatic carbocycles. The van der Waals surface area contributed by atoms with Crippen molar-refractivity contribution >= 4 is 11.9 Å². The zero-order valence-corrected chi connectivity index (χ0v) is 31.6. The van der Waals surface area contributed by atoms with E-state index >= 15 is 0 Å². The molecule has 6 atom stereocenters. The van der Waals surface area contributed by atoms with Crippen molar-refractivity contribution in [3.05, 3.63) is 24.3 Å². The number of carbonyl (C=O) groups is 2. The van der Waals surface area contributed by atoms with Gasteiger partial charge < -0.3 is 14.6 Å². The minimum Gasteiger partial charge on any atom is -0.465 e. The number of allylic oxidation sites excluding steroid dienone is 3. The molecule has 0 bridgehead atoms. The second kappa shape index (κ2) is 21.5. The third-order valence-electron chi connectivity index (χ3n) is 12.1. The highest BCUT2D eigenvalue weighted by molar-refractivity contribution is 5.69. The maximum Gasteiger partial charge on any atom is 0.305 e. The lowest BCUT2D eigenvalue weighted by atomic mass is 9.44. The van der Waals surface area contributed by atoms with E-state index in [1.807, 2.05) is 19.9 Å². The molecule has 0 radical (unpaired) electrons. The first-order valence-corrected chi connectivity index (χ1v) is 19.7. The molecule has 272 valence electrons. The minimum atomic E-state index is -0.885. The van der Waals surface area contributed by atoms with Gasteiger partial charge in [0.1, 0.15) is 6.10 Å². The molecular formula is C42H74O5. The van der Waals surface area contributed by atoms with Crippen LogP contribution in [0.4, 0.5) is 0 Å². The topological polar surface area (TPSA) is 72.8 Å². The molecule has 0 spiro atoms. The SMILES string of the molecule is C=C/C(C)=C/C[C@@H]1[C@@]2(C)C(OC(C)=O)CC[C@@](C)(COC(=O)CCCCCCCCCCCCCCCCCCC)[C@@H]2CC[C@@]1(C)O. The summed E-state index contributed by atoms with van der Waals surface area (Å²) in [6, 6.07) is 0. The van der Waals surface area contributed by atoms with Gasteiger partial charge in [-0.05, 0) is 64.2 Å². The predicted molar refractivity (Wildman–Crippen MR) is 196 cm³/mol. The normalized spacial score (nSPS) is 29.3. The molecule has 2 fully saturated rings. The van der Waals surface area contributed by atoms with E-state index < -0.39 is 11.0 Å². The molecule has 0 saturated heterocycles. The van der Waals surface area contributed by atoms with Crippen LogP contribution < -0.4 is 0 Å². The van der Waals surface area contributed by atoms with Crippen LogP contribution in [-0.2, 0) is 19.1 Å². The van der Waals surface area contributed by atoms with Gasteiger partial charge in [0.05, 0.1) is 12.2 Å². The molecule has 5 nitrogen and oxygen atoms in total. The lowest BCUT2D eigenvalue weighted by molar-refractivity contribution is -0.230. The van der Waals surface area contributed by atoms with Gasteiger partial charge in [-0.15, -0.1) is 0 Å². The Hall–Kier alpha value is -1.62. The van der Waals surface area contributed by atoms with E-state index in [2.05, 4.69) is 33.4 Å². The van der Waals surface area contributed by atoms with E-state index in [0.29, 0.717) is 32.3 Å². The van der Waals surface area contributed by atoms with Gasteiger partial charge in [0.25, 0.3) is 0 Å². The Bertz CT molecular complexity index is 953. The van der Waals surface area contributed by atoms with Crippen LogP contribution in [0, 0.1) is 22.7 Å². The first-order valence-electron chi connectivity index (χ1n) is 19.7. The van der Waals surface area contributed by atoms with E-state index in [9.17, 15) is 14.7 Å². The van der Waals surface area contributed by atoms with Gasteiger partial charge in [-0.3, -0.25) is 9.59 Å². The molecular weight excluding hydrogens is 584 g/mol. The molecule has 0 heterocycles. The molecule has 2 saturated carbocycles. The molecule has 0 aromatic heterocycles. The first-order chi connectivity index (χ1) is 22.4. The zero-order valence-electron chi connectivity index (χ0n) is 31.6. The first kappa shape index (κ1) is 41.6. The van der Waals surface area contributed by atoms with Gasteiger partial charge in [0.15, 0.2) is 0 Å². The van der Waals surface area contributed by atoms with Crippen LogP contribution in [0.5, 0.6) is 0 Å². The molecule has 47 heavy (non-hydrogen) atoms. The lowest BCUT2D eigenvalue weighted by Crippen LogP contribution is -2.64. The Morgan fingerprint density at radius 1 is 0.787 bits per heavy atom. The second-order valence-electron chi connectivity index (χ2n) is 16.1. The van der Waals surface area contributed by atoms with Crippen molar-refractivity contribution in [1.82, 2.24) is 0 Å². The minimum absolute atomic E-state index is 0.0973. The Kier molecular flexibility index (Phi) is 19.0. The molecule has 1 N–H and O–H groups in total. The number of unbranched alkanes of at least 4 members (excludes halogenated alkanes) is 16. The van der Waals surface area contributed by atoms with E-state index in [-0.39, 0.29) is 35.3 Å². The van der Waals surface area contributed by atoms with E-state index in [1.54, 1.807) is 0 Å². The highest BCUT2D eigenvalue weighted by Gasteiger charge is 2.63. The highest BCUT2D eigenvalue weighted by atomic mass is 16.5. The maximum atomic E-state index is 12.9. The number of hydrogen-bond acceptors (Lipinski definition) is 5. The number of aliphatic hydroxyl groups is 1. The summed E-state index contributed by atoms with van der Waals surface area (Å²) in [5, 5.41) is 11.7. The van der Waals surface area contributed by atoms with Crippen molar-refractivity contribution in [3.8, 4) is 0 Å². The van der Waals surface area contributed by atoms with Gasteiger partial charge >= 0.3 is 11.9 Å². The van der Waals surface area contributed by atoms with E-state index in [0.717, 1.165) is 31.3 Å². The van der Waals surface area contributed by atoms with Gasteiger partial charge in [0.2, 0.25) is 0 Å². The van der Waals surface area contributed by atoms with E-state index in [1.165, 1.54) is 103 Å². The molecule has 5 heteroatoms. The molecule has 1 unspecified atom stereocenters. The fourth-order valence-electron chi connectivity index (χ4n) is 9.09. The number of esters is 2. The fourth-order valence-corrected chi connectivity index (χ4v) is 9.09. The van der Waals surface area contributed by atoms with E-state index in [4.69, 9.17) is 9.47 Å². The number of fused-ring (bicyclic) bond motifs is 1. The van der Waals surface area contributed by atoms with Crippen LogP contribution in [0.2, 0.25) is 0 Å². The highest BCUT2D eigenvalue weighted by Crippen LogP contribution is 2.63. The number of carbonyl (C=O) groups excluding carboxylic acids is 2.